The van der Waals surface area contributed by atoms with E-state index in [9.17, 15) is 0 Å². The Kier molecular flexibility index (Phi) is 11.3. The molecule has 0 spiro atoms. The highest BCUT2D eigenvalue weighted by molar-refractivity contribution is 4.58. The lowest BCUT2D eigenvalue weighted by Gasteiger charge is -2.35. The molecule has 2 rings (SSSR count). The minimum atomic E-state index is 0. The number of likely N-dealkylation sites (tertiary alicyclic amines) is 2. The Hall–Kier alpha value is -0.160. The lowest BCUT2D eigenvalue weighted by Crippen LogP contribution is -2.47. The van der Waals surface area contributed by atoms with Gasteiger partial charge in [-0.3, -0.25) is 0 Å². The molecule has 0 unspecified atom stereocenters. The molecule has 0 aromatic heterocycles. The third-order valence-corrected chi connectivity index (χ3v) is 6.19. The summed E-state index contributed by atoms with van der Waals surface area (Å²) in [6.45, 7) is 16.5. The number of unbranched alkanes of at least 4 members (excludes halogenated alkanes) is 2. The molecule has 140 valence electrons. The molecule has 2 saturated heterocycles. The van der Waals surface area contributed by atoms with Gasteiger partial charge in [-0.05, 0) is 32.1 Å². The van der Waals surface area contributed by atoms with Gasteiger partial charge in [0.15, 0.2) is 0 Å². The van der Waals surface area contributed by atoms with Gasteiger partial charge in [0.2, 0.25) is 0 Å². The summed E-state index contributed by atoms with van der Waals surface area (Å²) in [5.41, 5.74) is 0. The quantitative estimate of drug-likeness (QED) is 0.451. The molecule has 0 aromatic carbocycles. The summed E-state index contributed by atoms with van der Waals surface area (Å²) in [5.74, 6) is 0. The Bertz CT molecular complexity index is 257. The molecule has 23 heavy (non-hydrogen) atoms. The zero-order valence-electron chi connectivity index (χ0n) is 15.8. The molecular weight excluding hydrogens is 288 g/mol. The first kappa shape index (κ1) is 22.8. The predicted molar refractivity (Wildman–Crippen MR) is 96.2 cm³/mol. The molecule has 2 fully saturated rings. The van der Waals surface area contributed by atoms with Gasteiger partial charge in [-0.1, -0.05) is 13.8 Å². The van der Waals surface area contributed by atoms with E-state index in [1.165, 1.54) is 119 Å². The highest BCUT2D eigenvalue weighted by Crippen LogP contribution is 2.23. The largest absolute Gasteiger partial charge is 0.870 e. The van der Waals surface area contributed by atoms with Crippen LogP contribution in [-0.2, 0) is 0 Å². The lowest BCUT2D eigenvalue weighted by atomic mass is 10.1. The maximum absolute atomic E-state index is 2.37. The van der Waals surface area contributed by atoms with Crippen molar-refractivity contribution in [2.24, 2.45) is 0 Å². The van der Waals surface area contributed by atoms with Crippen LogP contribution in [0.2, 0.25) is 0 Å². The van der Waals surface area contributed by atoms with Crippen molar-refractivity contribution in [1.82, 2.24) is 0 Å². The topological polar surface area (TPSA) is 60.0 Å². The van der Waals surface area contributed by atoms with Crippen molar-refractivity contribution in [3.05, 3.63) is 0 Å². The van der Waals surface area contributed by atoms with E-state index in [4.69, 9.17) is 0 Å². The van der Waals surface area contributed by atoms with Gasteiger partial charge in [-0.2, -0.15) is 0 Å². The van der Waals surface area contributed by atoms with E-state index in [1.807, 2.05) is 0 Å². The fourth-order valence-electron chi connectivity index (χ4n) is 5.15. The summed E-state index contributed by atoms with van der Waals surface area (Å²) < 4.78 is 2.93. The fraction of sp³-hybridized carbons (Fsp3) is 1.00. The van der Waals surface area contributed by atoms with Gasteiger partial charge in [-0.25, -0.2) is 0 Å². The Morgan fingerprint density at radius 3 is 1.17 bits per heavy atom. The highest BCUT2D eigenvalue weighted by atomic mass is 16.0. The number of nitrogens with zero attached hydrogens (tertiary/aromatic N) is 2. The van der Waals surface area contributed by atoms with Crippen LogP contribution in [0.4, 0.5) is 0 Å². The van der Waals surface area contributed by atoms with Crippen LogP contribution < -0.4 is 0 Å². The van der Waals surface area contributed by atoms with E-state index in [2.05, 4.69) is 13.8 Å². The minimum Gasteiger partial charge on any atom is -0.870 e. The highest BCUT2D eigenvalue weighted by Gasteiger charge is 2.31. The summed E-state index contributed by atoms with van der Waals surface area (Å²) in [6.07, 6.45) is 13.1. The third-order valence-electron chi connectivity index (χ3n) is 6.19. The molecule has 0 bridgehead atoms. The van der Waals surface area contributed by atoms with E-state index in [0.29, 0.717) is 0 Å². The van der Waals surface area contributed by atoms with Crippen LogP contribution in [0.25, 0.3) is 0 Å². The lowest BCUT2D eigenvalue weighted by molar-refractivity contribution is -0.919. The maximum atomic E-state index is 2.37. The van der Waals surface area contributed by atoms with Gasteiger partial charge in [0.05, 0.1) is 52.4 Å². The van der Waals surface area contributed by atoms with Crippen molar-refractivity contribution >= 4 is 0 Å². The number of hydrogen-bond acceptors (Lipinski definition) is 2. The Morgan fingerprint density at radius 1 is 0.522 bits per heavy atom. The smallest absolute Gasteiger partial charge is 0.0788 e. The monoisotopic (exact) mass is 330 g/mol. The first-order valence-corrected chi connectivity index (χ1v) is 9.94. The van der Waals surface area contributed by atoms with Crippen LogP contribution in [-0.4, -0.2) is 72.3 Å². The molecule has 2 aliphatic heterocycles. The van der Waals surface area contributed by atoms with Gasteiger partial charge in [-0.15, -0.1) is 0 Å². The van der Waals surface area contributed by atoms with Gasteiger partial charge in [0, 0.05) is 25.7 Å². The second-order valence-corrected chi connectivity index (χ2v) is 7.95. The summed E-state index contributed by atoms with van der Waals surface area (Å²) in [6, 6.07) is 0. The third kappa shape index (κ3) is 6.69. The molecular formula is C19H42N2O2. The molecule has 0 aromatic rings. The Morgan fingerprint density at radius 2 is 0.870 bits per heavy atom. The normalized spacial score (nSPS) is 21.7. The average molecular weight is 331 g/mol. The molecule has 4 nitrogen and oxygen atoms in total. The molecule has 2 aliphatic rings. The second-order valence-electron chi connectivity index (χ2n) is 7.95. The molecule has 0 amide bonds. The molecule has 0 atom stereocenters. The van der Waals surface area contributed by atoms with Crippen LogP contribution in [0.3, 0.4) is 0 Å². The standard InChI is InChI=1S/C19H40N2.2H2O/c1-3-12-20(16-8-9-17-20)14-6-5-7-15-21(13-4-2)18-10-11-19-21;;/h3-19H2,1-2H3;2*1H2/q+2;;/p-2. The number of quaternary nitrogens is 2. The SMILES string of the molecule is CCC[N+]1(CCCCC[N+]2(CCC)CCCC2)CCCC1.[OH-].[OH-]. The Balaban J connectivity index is 0.00000242. The minimum absolute atomic E-state index is 0. The summed E-state index contributed by atoms with van der Waals surface area (Å²) >= 11 is 0. The number of hydrogen-bond donors (Lipinski definition) is 0. The first-order chi connectivity index (χ1) is 10.2. The Labute approximate surface area is 144 Å². The predicted octanol–water partition coefficient (Wildman–Crippen LogP) is 3.84. The molecule has 4 heteroatoms. The molecule has 0 saturated carbocycles. The average Bonchev–Trinajstić information content (AvgIpc) is 3.10. The molecule has 0 radical (unpaired) electrons. The van der Waals surface area contributed by atoms with Crippen molar-refractivity contribution in [1.29, 1.82) is 0 Å². The van der Waals surface area contributed by atoms with E-state index in [0.717, 1.165) is 0 Å². The fourth-order valence-corrected chi connectivity index (χ4v) is 5.15. The molecule has 2 heterocycles. The number of rotatable bonds is 10. The summed E-state index contributed by atoms with van der Waals surface area (Å²) in [5, 5.41) is 0. The van der Waals surface area contributed by atoms with Crippen molar-refractivity contribution in [3.63, 3.8) is 0 Å². The van der Waals surface area contributed by atoms with Gasteiger partial charge < -0.3 is 19.9 Å². The summed E-state index contributed by atoms with van der Waals surface area (Å²) in [7, 11) is 0. The van der Waals surface area contributed by atoms with Crippen molar-refractivity contribution in [3.8, 4) is 0 Å². The van der Waals surface area contributed by atoms with Crippen molar-refractivity contribution in [2.45, 2.75) is 71.6 Å². The van der Waals surface area contributed by atoms with Crippen LogP contribution in [0.5, 0.6) is 0 Å². The van der Waals surface area contributed by atoms with Gasteiger partial charge in [0.1, 0.15) is 0 Å². The van der Waals surface area contributed by atoms with Crippen LogP contribution in [0, 0.1) is 0 Å². The van der Waals surface area contributed by atoms with E-state index < -0.39 is 0 Å². The van der Waals surface area contributed by atoms with Crippen molar-refractivity contribution in [2.75, 3.05) is 52.4 Å². The van der Waals surface area contributed by atoms with E-state index >= 15 is 0 Å². The molecule has 2 N–H and O–H groups in total. The zero-order chi connectivity index (χ0) is 15.0. The second kappa shape index (κ2) is 11.4. The van der Waals surface area contributed by atoms with Crippen molar-refractivity contribution < 1.29 is 19.9 Å². The molecule has 0 aliphatic carbocycles. The zero-order valence-corrected chi connectivity index (χ0v) is 15.8. The van der Waals surface area contributed by atoms with Crippen LogP contribution >= 0.6 is 0 Å². The maximum Gasteiger partial charge on any atom is 0.0788 e. The van der Waals surface area contributed by atoms with Gasteiger partial charge >= 0.3 is 0 Å². The van der Waals surface area contributed by atoms with Crippen LogP contribution in [0.15, 0.2) is 0 Å². The van der Waals surface area contributed by atoms with Gasteiger partial charge in [0.25, 0.3) is 0 Å². The van der Waals surface area contributed by atoms with Crippen LogP contribution in [0.1, 0.15) is 71.6 Å². The van der Waals surface area contributed by atoms with E-state index in [-0.39, 0.29) is 11.0 Å². The first-order valence-electron chi connectivity index (χ1n) is 9.94. The summed E-state index contributed by atoms with van der Waals surface area (Å²) in [4.78, 5) is 0. The van der Waals surface area contributed by atoms with E-state index in [1.54, 1.807) is 0 Å².